The topological polar surface area (TPSA) is 199 Å². The second-order valence-electron chi connectivity index (χ2n) is 18.6. The average molecular weight is 1080 g/mol. The highest BCUT2D eigenvalue weighted by Gasteiger charge is 2.32. The van der Waals surface area contributed by atoms with Gasteiger partial charge in [0.05, 0.1) is 31.2 Å². The van der Waals surface area contributed by atoms with Crippen LogP contribution in [-0.2, 0) is 19.1 Å². The first-order valence-corrected chi connectivity index (χ1v) is 25.6. The minimum atomic E-state index is -1.29. The number of aliphatic hydroxyl groups excluding tert-OH is 1. The van der Waals surface area contributed by atoms with Gasteiger partial charge >= 0.3 is 5.97 Å². The summed E-state index contributed by atoms with van der Waals surface area (Å²) in [5, 5.41) is 36.5. The summed E-state index contributed by atoms with van der Waals surface area (Å²) < 4.78 is 93.6. The Balaban J connectivity index is 0.000000184. The zero-order chi connectivity index (χ0) is 53.4. The number of hydrogen-bond acceptors (Lipinski definition) is 15. The number of carbonyl (C=O) groups excluding carboxylic acids is 3. The molecule has 2 saturated heterocycles. The SMILES string of the molecule is CC(=O)OCC(=O)N1CCC(c2nc(-c3cc(F)c(F)cc3F)c(-c3ccc4nnc(C(C)C)n4n3)s2)CC1.CC(C)c1nnc2ccc(-c3sc(C4CCN(C(=O)CO)CC4)nc3-c3cc(F)c(F)cc3F)nn12. The molecule has 0 atom stereocenters. The van der Waals surface area contributed by atoms with Gasteiger partial charge < -0.3 is 19.6 Å². The number of aromatic nitrogens is 10. The van der Waals surface area contributed by atoms with Crippen LogP contribution in [0.2, 0.25) is 0 Å². The summed E-state index contributed by atoms with van der Waals surface area (Å²) in [6.45, 7) is 10.0. The molecule has 2 amide bonds. The number of carbonyl (C=O) groups is 3. The molecular weight excluding hydrogens is 1030 g/mol. The molecule has 17 nitrogen and oxygen atoms in total. The Morgan fingerprint density at radius 3 is 1.39 bits per heavy atom. The molecule has 8 aromatic rings. The molecule has 392 valence electrons. The third-order valence-electron chi connectivity index (χ3n) is 12.8. The maximum Gasteiger partial charge on any atom is 0.303 e. The predicted octanol–water partition coefficient (Wildman–Crippen LogP) is 8.88. The van der Waals surface area contributed by atoms with Crippen molar-refractivity contribution < 1.29 is 50.6 Å². The number of likely N-dealkylation sites (tertiary alicyclic amines) is 2. The minimum Gasteiger partial charge on any atom is -0.456 e. The lowest BCUT2D eigenvalue weighted by atomic mass is 9.97. The Bertz CT molecular complexity index is 3460. The molecule has 0 bridgehead atoms. The lowest BCUT2D eigenvalue weighted by Crippen LogP contribution is -2.40. The van der Waals surface area contributed by atoms with Crippen molar-refractivity contribution in [2.24, 2.45) is 0 Å². The molecule has 25 heteroatoms. The van der Waals surface area contributed by atoms with Crippen LogP contribution in [0.3, 0.4) is 0 Å². The molecule has 75 heavy (non-hydrogen) atoms. The van der Waals surface area contributed by atoms with E-state index in [0.29, 0.717) is 118 Å². The number of benzene rings is 2. The van der Waals surface area contributed by atoms with Crippen molar-refractivity contribution in [2.75, 3.05) is 39.4 Å². The number of halogens is 6. The van der Waals surface area contributed by atoms with Crippen LogP contribution in [0.1, 0.15) is 106 Å². The van der Waals surface area contributed by atoms with E-state index < -0.39 is 47.5 Å². The zero-order valence-electron chi connectivity index (χ0n) is 41.0. The van der Waals surface area contributed by atoms with Gasteiger partial charge in [-0.25, -0.2) is 36.3 Å². The highest BCUT2D eigenvalue weighted by Crippen LogP contribution is 2.44. The number of nitrogens with zero attached hydrogens (tertiary/aromatic N) is 12. The van der Waals surface area contributed by atoms with Gasteiger partial charge in [-0.15, -0.1) is 43.1 Å². The van der Waals surface area contributed by atoms with Gasteiger partial charge in [0, 0.05) is 80.0 Å². The van der Waals surface area contributed by atoms with Gasteiger partial charge in [0.25, 0.3) is 5.91 Å². The van der Waals surface area contributed by atoms with E-state index in [2.05, 4.69) is 35.6 Å². The quantitative estimate of drug-likeness (QED) is 0.0733. The van der Waals surface area contributed by atoms with Crippen LogP contribution >= 0.6 is 22.7 Å². The number of piperidine rings is 2. The molecule has 0 saturated carbocycles. The van der Waals surface area contributed by atoms with Crippen LogP contribution in [0.5, 0.6) is 0 Å². The maximum atomic E-state index is 14.9. The van der Waals surface area contributed by atoms with E-state index in [9.17, 15) is 40.7 Å². The summed E-state index contributed by atoms with van der Waals surface area (Å²) >= 11 is 2.61. The fourth-order valence-corrected chi connectivity index (χ4v) is 11.3. The summed E-state index contributed by atoms with van der Waals surface area (Å²) in [6, 6.07) is 9.54. The van der Waals surface area contributed by atoms with Crippen molar-refractivity contribution in [3.63, 3.8) is 0 Å². The molecule has 0 spiro atoms. The largest absolute Gasteiger partial charge is 0.456 e. The number of rotatable bonds is 11. The van der Waals surface area contributed by atoms with E-state index in [1.807, 2.05) is 27.7 Å². The van der Waals surface area contributed by atoms with Gasteiger partial charge in [-0.2, -0.15) is 19.2 Å². The van der Waals surface area contributed by atoms with Gasteiger partial charge in [0.2, 0.25) is 5.91 Å². The van der Waals surface area contributed by atoms with Gasteiger partial charge in [-0.3, -0.25) is 14.4 Å². The van der Waals surface area contributed by atoms with Crippen LogP contribution in [0.25, 0.3) is 55.0 Å². The third-order valence-corrected chi connectivity index (χ3v) is 15.3. The zero-order valence-corrected chi connectivity index (χ0v) is 42.7. The number of ether oxygens (including phenoxy) is 1. The number of hydrogen-bond donors (Lipinski definition) is 1. The summed E-state index contributed by atoms with van der Waals surface area (Å²) in [5.74, 6) is -6.62. The number of thiazole rings is 2. The second-order valence-corrected chi connectivity index (χ2v) is 20.7. The Morgan fingerprint density at radius 1 is 0.600 bits per heavy atom. The van der Waals surface area contributed by atoms with E-state index in [1.165, 1.54) is 29.6 Å². The average Bonchev–Trinajstić information content (AvgIpc) is 4.23. The first-order valence-electron chi connectivity index (χ1n) is 23.9. The summed E-state index contributed by atoms with van der Waals surface area (Å²) in [4.78, 5) is 48.8. The molecule has 1 N–H and O–H groups in total. The summed E-state index contributed by atoms with van der Waals surface area (Å²) in [6.07, 6.45) is 2.36. The molecule has 2 aliphatic heterocycles. The standard InChI is InChI=1S/C26H25F3N6O3S.C24H23F3N6O2S/c1-13(2)25-32-31-21-5-4-20(33-35(21)25)24-23(16-10-18(28)19(29)11-17(16)27)30-26(39-24)15-6-8-34(9-7-15)22(37)12-38-14(3)36;1-12(2)23-30-29-19-4-3-18(31-33(19)23)22-21(14-9-16(26)17(27)10-15(14)25)28-24(36-22)13-5-7-32(8-6-13)20(35)11-34/h4-5,10-11,13,15H,6-9,12H2,1-3H3;3-4,9-10,12-13,34H,5-8,11H2,1-2H3. The van der Waals surface area contributed by atoms with Gasteiger partial charge in [-0.05, 0) is 62.1 Å². The Kier molecular flexibility index (Phi) is 15.4. The molecule has 10 rings (SSSR count). The summed E-state index contributed by atoms with van der Waals surface area (Å²) in [7, 11) is 0. The Labute approximate surface area is 432 Å². The van der Waals surface area contributed by atoms with E-state index >= 15 is 0 Å². The van der Waals surface area contributed by atoms with Gasteiger partial charge in [-0.1, -0.05) is 27.7 Å². The first kappa shape index (κ1) is 52.6. The molecule has 2 fully saturated rings. The second kappa shape index (κ2) is 21.9. The predicted molar refractivity (Wildman–Crippen MR) is 263 cm³/mol. The van der Waals surface area contributed by atoms with Crippen molar-refractivity contribution in [1.82, 2.24) is 59.4 Å². The number of fused-ring (bicyclic) bond motifs is 2. The van der Waals surface area contributed by atoms with Gasteiger partial charge in [0.15, 0.2) is 52.8 Å². The lowest BCUT2D eigenvalue weighted by molar-refractivity contribution is -0.150. The molecule has 0 radical (unpaired) electrons. The van der Waals surface area contributed by atoms with Crippen molar-refractivity contribution in [1.29, 1.82) is 0 Å². The fraction of sp³-hybridized carbons (Fsp3) is 0.380. The Hall–Kier alpha value is -7.25. The van der Waals surface area contributed by atoms with E-state index in [0.717, 1.165) is 12.1 Å². The highest BCUT2D eigenvalue weighted by molar-refractivity contribution is 7.16. The third kappa shape index (κ3) is 11.0. The Morgan fingerprint density at radius 2 is 1.00 bits per heavy atom. The van der Waals surface area contributed by atoms with Gasteiger partial charge in [0.1, 0.15) is 29.6 Å². The first-order chi connectivity index (χ1) is 35.9. The minimum absolute atomic E-state index is 0.0246. The maximum absolute atomic E-state index is 14.9. The normalized spacial score (nSPS) is 14.6. The molecule has 0 aliphatic carbocycles. The number of aliphatic hydroxyl groups is 1. The number of amides is 2. The molecule has 8 heterocycles. The molecule has 2 aliphatic rings. The van der Waals surface area contributed by atoms with Crippen molar-refractivity contribution in [3.8, 4) is 43.7 Å². The summed E-state index contributed by atoms with van der Waals surface area (Å²) in [5.41, 5.74) is 2.02. The molecule has 2 aromatic carbocycles. The fourth-order valence-electron chi connectivity index (χ4n) is 8.82. The number of esters is 1. The van der Waals surface area contributed by atoms with Crippen LogP contribution in [0.4, 0.5) is 26.3 Å². The van der Waals surface area contributed by atoms with Crippen molar-refractivity contribution >= 4 is 51.8 Å². The van der Waals surface area contributed by atoms with Crippen molar-refractivity contribution in [3.05, 3.63) is 105 Å². The lowest BCUT2D eigenvalue weighted by Gasteiger charge is -2.30. The van der Waals surface area contributed by atoms with Crippen LogP contribution in [0.15, 0.2) is 48.5 Å². The van der Waals surface area contributed by atoms with Crippen LogP contribution in [-0.4, -0.2) is 122 Å². The van der Waals surface area contributed by atoms with E-state index in [1.54, 1.807) is 43.1 Å². The van der Waals surface area contributed by atoms with Crippen LogP contribution in [0, 0.1) is 34.9 Å². The molecule has 6 aromatic heterocycles. The van der Waals surface area contributed by atoms with Crippen LogP contribution < -0.4 is 0 Å². The van der Waals surface area contributed by atoms with E-state index in [-0.39, 0.29) is 64.6 Å². The smallest absolute Gasteiger partial charge is 0.303 e. The molecular formula is C50H48F6N12O5S2. The van der Waals surface area contributed by atoms with E-state index in [4.69, 9.17) is 14.8 Å². The monoisotopic (exact) mass is 1070 g/mol. The molecule has 0 unspecified atom stereocenters. The van der Waals surface area contributed by atoms with Crippen molar-refractivity contribution in [2.45, 2.75) is 84.0 Å². The highest BCUT2D eigenvalue weighted by atomic mass is 32.1.